The van der Waals surface area contributed by atoms with Gasteiger partial charge in [-0.1, -0.05) is 72.8 Å². The van der Waals surface area contributed by atoms with E-state index in [9.17, 15) is 15.0 Å². The monoisotopic (exact) mass is 509 g/mol. The molecule has 1 fully saturated rings. The smallest absolute Gasteiger partial charge is 0.166 e. The standard InChI is InChI=1S/C30H35NO4.ClH/c32-26(22-31-19-17-30(34,18-20-31)21-25-11-5-2-6-12-25)23-35-29-14-8-7-13-27(29)28(33)16-15-24-9-3-1-4-10-24;/h1-14,26,32,34H,15-23H2;1H. The maximum atomic E-state index is 12.8. The number of aliphatic hydroxyl groups excluding tert-OH is 1. The predicted molar refractivity (Wildman–Crippen MR) is 145 cm³/mol. The van der Waals surface area contributed by atoms with Crippen LogP contribution in [0.1, 0.15) is 40.7 Å². The number of Topliss-reactive ketones (excluding diaryl/α,β-unsaturated/α-hetero) is 1. The van der Waals surface area contributed by atoms with E-state index < -0.39 is 11.7 Å². The molecule has 1 aliphatic rings. The number of rotatable bonds is 11. The molecule has 3 aromatic carbocycles. The molecule has 0 amide bonds. The Morgan fingerprint density at radius 2 is 1.47 bits per heavy atom. The first-order valence-electron chi connectivity index (χ1n) is 12.5. The second-order valence-corrected chi connectivity index (χ2v) is 9.56. The zero-order valence-electron chi connectivity index (χ0n) is 20.6. The van der Waals surface area contributed by atoms with E-state index in [0.717, 1.165) is 24.2 Å². The van der Waals surface area contributed by atoms with Gasteiger partial charge in [0.25, 0.3) is 0 Å². The van der Waals surface area contributed by atoms with Crippen molar-refractivity contribution in [3.63, 3.8) is 0 Å². The lowest BCUT2D eigenvalue weighted by molar-refractivity contribution is -0.0325. The normalized spacial score (nSPS) is 16.1. The maximum Gasteiger partial charge on any atom is 0.166 e. The molecule has 0 radical (unpaired) electrons. The van der Waals surface area contributed by atoms with E-state index in [1.54, 1.807) is 12.1 Å². The van der Waals surface area contributed by atoms with Crippen molar-refractivity contribution in [2.75, 3.05) is 26.2 Å². The number of carbonyl (C=O) groups is 1. The van der Waals surface area contributed by atoms with Crippen molar-refractivity contribution in [1.82, 2.24) is 4.90 Å². The minimum atomic E-state index is -0.696. The Morgan fingerprint density at radius 3 is 2.14 bits per heavy atom. The van der Waals surface area contributed by atoms with Crippen molar-refractivity contribution < 1.29 is 19.7 Å². The third-order valence-electron chi connectivity index (χ3n) is 6.73. The summed E-state index contributed by atoms with van der Waals surface area (Å²) in [7, 11) is 0. The quantitative estimate of drug-likeness (QED) is 0.366. The third-order valence-corrected chi connectivity index (χ3v) is 6.73. The van der Waals surface area contributed by atoms with Crippen LogP contribution in [-0.2, 0) is 12.8 Å². The summed E-state index contributed by atoms with van der Waals surface area (Å²) in [6, 6.07) is 27.3. The molecule has 2 N–H and O–H groups in total. The molecular formula is C30H36ClNO4. The summed E-state index contributed by atoms with van der Waals surface area (Å²) in [6.45, 7) is 2.06. The highest BCUT2D eigenvalue weighted by Gasteiger charge is 2.33. The zero-order chi connectivity index (χ0) is 24.5. The fraction of sp³-hybridized carbons (Fsp3) is 0.367. The Morgan fingerprint density at radius 1 is 0.889 bits per heavy atom. The van der Waals surface area contributed by atoms with Crippen LogP contribution in [0, 0.1) is 0 Å². The fourth-order valence-electron chi connectivity index (χ4n) is 4.70. The summed E-state index contributed by atoms with van der Waals surface area (Å²) in [5, 5.41) is 21.6. The van der Waals surface area contributed by atoms with Crippen molar-refractivity contribution in [2.24, 2.45) is 0 Å². The van der Waals surface area contributed by atoms with Crippen LogP contribution in [0.5, 0.6) is 5.75 Å². The highest BCUT2D eigenvalue weighted by atomic mass is 35.5. The number of likely N-dealkylation sites (tertiary alicyclic amines) is 1. The van der Waals surface area contributed by atoms with Gasteiger partial charge in [-0.2, -0.15) is 0 Å². The molecule has 1 unspecified atom stereocenters. The zero-order valence-corrected chi connectivity index (χ0v) is 21.4. The van der Waals surface area contributed by atoms with Crippen LogP contribution in [0.25, 0.3) is 0 Å². The van der Waals surface area contributed by atoms with Crippen molar-refractivity contribution in [2.45, 2.75) is 43.8 Å². The topological polar surface area (TPSA) is 70.0 Å². The van der Waals surface area contributed by atoms with Gasteiger partial charge in [-0.05, 0) is 42.5 Å². The number of benzene rings is 3. The van der Waals surface area contributed by atoms with Gasteiger partial charge in [0.2, 0.25) is 0 Å². The second kappa shape index (κ2) is 13.6. The minimum absolute atomic E-state index is 0. The molecule has 1 atom stereocenters. The van der Waals surface area contributed by atoms with Crippen LogP contribution >= 0.6 is 12.4 Å². The van der Waals surface area contributed by atoms with E-state index in [0.29, 0.717) is 50.0 Å². The van der Waals surface area contributed by atoms with Crippen LogP contribution in [0.15, 0.2) is 84.9 Å². The molecular weight excluding hydrogens is 474 g/mol. The number of β-amino-alcohol motifs (C(OH)–C–C–N with tert-alkyl or cyclic N) is 1. The summed E-state index contributed by atoms with van der Waals surface area (Å²) < 4.78 is 5.89. The average molecular weight is 510 g/mol. The number of ether oxygens (including phenoxy) is 1. The molecule has 0 saturated carbocycles. The largest absolute Gasteiger partial charge is 0.490 e. The molecule has 1 aliphatic heterocycles. The third kappa shape index (κ3) is 8.17. The SMILES string of the molecule is Cl.O=C(CCc1ccccc1)c1ccccc1OCC(O)CN1CCC(O)(Cc2ccccc2)CC1. The van der Waals surface area contributed by atoms with Gasteiger partial charge < -0.3 is 19.8 Å². The summed E-state index contributed by atoms with van der Waals surface area (Å²) in [5.74, 6) is 0.549. The number of nitrogens with zero attached hydrogens (tertiary/aromatic N) is 1. The highest BCUT2D eigenvalue weighted by Crippen LogP contribution is 2.27. The molecule has 1 heterocycles. The molecule has 0 aromatic heterocycles. The predicted octanol–water partition coefficient (Wildman–Crippen LogP) is 4.73. The second-order valence-electron chi connectivity index (χ2n) is 9.56. The summed E-state index contributed by atoms with van der Waals surface area (Å²) in [5.41, 5.74) is 2.14. The number of hydrogen-bond donors (Lipinski definition) is 2. The van der Waals surface area contributed by atoms with E-state index in [1.807, 2.05) is 60.7 Å². The molecule has 192 valence electrons. The van der Waals surface area contributed by atoms with E-state index in [-0.39, 0.29) is 24.8 Å². The Kier molecular flexibility index (Phi) is 10.5. The first-order chi connectivity index (χ1) is 17.0. The number of carbonyl (C=O) groups excluding carboxylic acids is 1. The maximum absolute atomic E-state index is 12.8. The summed E-state index contributed by atoms with van der Waals surface area (Å²) in [6.07, 6.45) is 2.42. The molecule has 5 nitrogen and oxygen atoms in total. The van der Waals surface area contributed by atoms with Gasteiger partial charge in [-0.15, -0.1) is 12.4 Å². The number of para-hydroxylation sites is 1. The van der Waals surface area contributed by atoms with Gasteiger partial charge >= 0.3 is 0 Å². The van der Waals surface area contributed by atoms with Crippen molar-refractivity contribution in [1.29, 1.82) is 0 Å². The Hall–Kier alpha value is -2.70. The minimum Gasteiger partial charge on any atom is -0.490 e. The van der Waals surface area contributed by atoms with Crippen molar-refractivity contribution >= 4 is 18.2 Å². The van der Waals surface area contributed by atoms with E-state index >= 15 is 0 Å². The molecule has 4 rings (SSSR count). The average Bonchev–Trinajstić information content (AvgIpc) is 2.89. The van der Waals surface area contributed by atoms with Gasteiger partial charge in [-0.25, -0.2) is 0 Å². The Balaban J connectivity index is 0.00000361. The molecule has 6 heteroatoms. The van der Waals surface area contributed by atoms with Crippen LogP contribution in [0.4, 0.5) is 0 Å². The van der Waals surface area contributed by atoms with E-state index in [2.05, 4.69) is 17.0 Å². The highest BCUT2D eigenvalue weighted by molar-refractivity contribution is 5.98. The Bertz CT molecular complexity index is 1070. The number of halogens is 1. The van der Waals surface area contributed by atoms with Gasteiger partial charge in [0, 0.05) is 32.5 Å². The number of aliphatic hydroxyl groups is 2. The number of hydrogen-bond acceptors (Lipinski definition) is 5. The fourth-order valence-corrected chi connectivity index (χ4v) is 4.70. The lowest BCUT2D eigenvalue weighted by Crippen LogP contribution is -2.48. The Labute approximate surface area is 220 Å². The van der Waals surface area contributed by atoms with E-state index in [4.69, 9.17) is 4.74 Å². The summed E-state index contributed by atoms with van der Waals surface area (Å²) in [4.78, 5) is 15.0. The van der Waals surface area contributed by atoms with Gasteiger partial charge in [0.15, 0.2) is 5.78 Å². The van der Waals surface area contributed by atoms with Gasteiger partial charge in [0.05, 0.1) is 11.2 Å². The number of ketones is 1. The lowest BCUT2D eigenvalue weighted by atomic mass is 9.85. The number of aryl methyl sites for hydroxylation is 1. The first-order valence-corrected chi connectivity index (χ1v) is 12.5. The molecule has 1 saturated heterocycles. The van der Waals surface area contributed by atoms with Crippen LogP contribution in [0.2, 0.25) is 0 Å². The van der Waals surface area contributed by atoms with Crippen molar-refractivity contribution in [3.05, 3.63) is 102 Å². The van der Waals surface area contributed by atoms with Crippen LogP contribution < -0.4 is 4.74 Å². The van der Waals surface area contributed by atoms with Crippen LogP contribution in [0.3, 0.4) is 0 Å². The van der Waals surface area contributed by atoms with Gasteiger partial charge in [-0.3, -0.25) is 4.79 Å². The lowest BCUT2D eigenvalue weighted by Gasteiger charge is -2.39. The van der Waals surface area contributed by atoms with E-state index in [1.165, 1.54) is 0 Å². The summed E-state index contributed by atoms with van der Waals surface area (Å²) >= 11 is 0. The number of piperidine rings is 1. The van der Waals surface area contributed by atoms with Crippen molar-refractivity contribution in [3.8, 4) is 5.75 Å². The molecule has 36 heavy (non-hydrogen) atoms. The first kappa shape index (κ1) is 27.9. The molecule has 3 aromatic rings. The van der Waals surface area contributed by atoms with Gasteiger partial charge in [0.1, 0.15) is 18.5 Å². The molecule has 0 bridgehead atoms. The molecule has 0 spiro atoms. The molecule has 0 aliphatic carbocycles. The van der Waals surface area contributed by atoms with Crippen LogP contribution in [-0.4, -0.2) is 58.8 Å².